The van der Waals surface area contributed by atoms with Gasteiger partial charge in [-0.3, -0.25) is 0 Å². The molecule has 1 aromatic rings. The minimum Gasteiger partial charge on any atom is -0.0991 e. The Bertz CT molecular complexity index is 917. The maximum Gasteiger partial charge on any atom is 0.0122 e. The van der Waals surface area contributed by atoms with Gasteiger partial charge in [-0.05, 0) is 60.6 Å². The van der Waals surface area contributed by atoms with Crippen molar-refractivity contribution < 1.29 is 0 Å². The first kappa shape index (κ1) is 22.9. The zero-order valence-electron chi connectivity index (χ0n) is 17.2. The SMILES string of the molecule is C=C/C=C\C=C(/C)S/C(C=C)=C/C=C(\C)C1=CC=C(Sc2ccccc2)C=CC1. The standard InChI is InChI=1S/C27H28S2/c1-5-7-9-13-23(4)28-25(6-2)20-18-22(3)24-14-12-17-27(21-19-24)29-26-15-10-8-11-16-26/h5-13,15-21H,1-2,14H2,3-4H3/b9-7-,22-18+,23-13+,25-20+. The molecule has 1 aromatic carbocycles. The summed E-state index contributed by atoms with van der Waals surface area (Å²) in [4.78, 5) is 4.85. The van der Waals surface area contributed by atoms with Gasteiger partial charge in [0.15, 0.2) is 0 Å². The summed E-state index contributed by atoms with van der Waals surface area (Å²) in [5.41, 5.74) is 2.60. The molecule has 29 heavy (non-hydrogen) atoms. The van der Waals surface area contributed by atoms with E-state index >= 15 is 0 Å². The van der Waals surface area contributed by atoms with Crippen molar-refractivity contribution in [2.45, 2.75) is 25.2 Å². The maximum atomic E-state index is 3.95. The van der Waals surface area contributed by atoms with Gasteiger partial charge >= 0.3 is 0 Å². The molecule has 0 spiro atoms. The Hall–Kier alpha value is -2.42. The van der Waals surface area contributed by atoms with Gasteiger partial charge in [-0.2, -0.15) is 0 Å². The van der Waals surface area contributed by atoms with E-state index in [4.69, 9.17) is 0 Å². The van der Waals surface area contributed by atoms with Gasteiger partial charge in [0.25, 0.3) is 0 Å². The molecule has 1 aliphatic rings. The summed E-state index contributed by atoms with van der Waals surface area (Å²) >= 11 is 3.51. The van der Waals surface area contributed by atoms with Gasteiger partial charge < -0.3 is 0 Å². The number of hydrogen-bond acceptors (Lipinski definition) is 2. The van der Waals surface area contributed by atoms with Gasteiger partial charge in [0, 0.05) is 14.7 Å². The van der Waals surface area contributed by atoms with Crippen LogP contribution in [0.4, 0.5) is 0 Å². The van der Waals surface area contributed by atoms with Crippen molar-refractivity contribution in [1.82, 2.24) is 0 Å². The lowest BCUT2D eigenvalue weighted by Crippen LogP contribution is -1.83. The van der Waals surface area contributed by atoms with Crippen LogP contribution in [0.3, 0.4) is 0 Å². The molecule has 0 radical (unpaired) electrons. The van der Waals surface area contributed by atoms with E-state index in [1.165, 1.54) is 25.9 Å². The van der Waals surface area contributed by atoms with E-state index in [0.29, 0.717) is 0 Å². The van der Waals surface area contributed by atoms with Crippen LogP contribution in [0.15, 0.2) is 141 Å². The number of allylic oxidation sites excluding steroid dienone is 14. The third-order valence-corrected chi connectivity index (χ3v) is 6.12. The molecular formula is C27H28S2. The van der Waals surface area contributed by atoms with Crippen molar-refractivity contribution in [2.24, 2.45) is 0 Å². The summed E-state index contributed by atoms with van der Waals surface area (Å²) in [5.74, 6) is 0. The van der Waals surface area contributed by atoms with E-state index in [1.54, 1.807) is 29.6 Å². The van der Waals surface area contributed by atoms with E-state index < -0.39 is 0 Å². The molecule has 0 atom stereocenters. The van der Waals surface area contributed by atoms with E-state index in [1.807, 2.05) is 24.3 Å². The Kier molecular flexibility index (Phi) is 10.2. The van der Waals surface area contributed by atoms with Crippen LogP contribution < -0.4 is 0 Å². The van der Waals surface area contributed by atoms with Crippen LogP contribution in [-0.4, -0.2) is 0 Å². The average Bonchev–Trinajstić information content (AvgIpc) is 2.97. The largest absolute Gasteiger partial charge is 0.0991 e. The fourth-order valence-corrected chi connectivity index (χ4v) is 4.14. The van der Waals surface area contributed by atoms with Crippen molar-refractivity contribution in [3.8, 4) is 0 Å². The Morgan fingerprint density at radius 3 is 2.48 bits per heavy atom. The van der Waals surface area contributed by atoms with Crippen LogP contribution in [0.2, 0.25) is 0 Å². The smallest absolute Gasteiger partial charge is 0.0122 e. The van der Waals surface area contributed by atoms with Crippen LogP contribution in [0.1, 0.15) is 20.3 Å². The second kappa shape index (κ2) is 12.9. The van der Waals surface area contributed by atoms with Crippen LogP contribution >= 0.6 is 23.5 Å². The number of benzene rings is 1. The second-order valence-electron chi connectivity index (χ2n) is 6.41. The molecule has 0 amide bonds. The molecular weight excluding hydrogens is 388 g/mol. The Morgan fingerprint density at radius 2 is 1.76 bits per heavy atom. The van der Waals surface area contributed by atoms with Gasteiger partial charge in [0.2, 0.25) is 0 Å². The van der Waals surface area contributed by atoms with Gasteiger partial charge in [0.1, 0.15) is 0 Å². The fraction of sp³-hybridized carbons (Fsp3) is 0.111. The molecule has 148 valence electrons. The molecule has 0 saturated heterocycles. The molecule has 0 aliphatic heterocycles. The second-order valence-corrected chi connectivity index (χ2v) is 8.87. The van der Waals surface area contributed by atoms with Crippen LogP contribution in [0.5, 0.6) is 0 Å². The number of hydrogen-bond donors (Lipinski definition) is 0. The molecule has 0 heterocycles. The maximum absolute atomic E-state index is 3.95. The first-order valence-electron chi connectivity index (χ1n) is 9.58. The third kappa shape index (κ3) is 8.64. The average molecular weight is 417 g/mol. The molecule has 0 nitrogen and oxygen atoms in total. The van der Waals surface area contributed by atoms with Gasteiger partial charge in [-0.25, -0.2) is 0 Å². The fourth-order valence-electron chi connectivity index (χ4n) is 2.54. The van der Waals surface area contributed by atoms with Crippen LogP contribution in [-0.2, 0) is 0 Å². The van der Waals surface area contributed by atoms with Gasteiger partial charge in [-0.15, -0.1) is 0 Å². The highest BCUT2D eigenvalue weighted by molar-refractivity contribution is 8.06. The van der Waals surface area contributed by atoms with E-state index in [9.17, 15) is 0 Å². The van der Waals surface area contributed by atoms with Crippen LogP contribution in [0.25, 0.3) is 0 Å². The van der Waals surface area contributed by atoms with E-state index in [0.717, 1.165) is 11.3 Å². The molecule has 2 heteroatoms. The number of thioether (sulfide) groups is 2. The molecule has 1 aliphatic carbocycles. The van der Waals surface area contributed by atoms with Gasteiger partial charge in [0.05, 0.1) is 0 Å². The quantitative estimate of drug-likeness (QED) is 0.368. The van der Waals surface area contributed by atoms with Crippen molar-refractivity contribution in [3.05, 3.63) is 136 Å². The highest BCUT2D eigenvalue weighted by atomic mass is 32.2. The summed E-state index contributed by atoms with van der Waals surface area (Å²) < 4.78 is 0. The molecule has 0 aromatic heterocycles. The summed E-state index contributed by atoms with van der Waals surface area (Å²) in [7, 11) is 0. The zero-order chi connectivity index (χ0) is 20.9. The monoisotopic (exact) mass is 416 g/mol. The lowest BCUT2D eigenvalue weighted by Gasteiger charge is -2.04. The lowest BCUT2D eigenvalue weighted by atomic mass is 10.0. The molecule has 0 bridgehead atoms. The van der Waals surface area contributed by atoms with Crippen molar-refractivity contribution in [3.63, 3.8) is 0 Å². The summed E-state index contributed by atoms with van der Waals surface area (Å²) in [6, 6.07) is 10.5. The van der Waals surface area contributed by atoms with E-state index in [2.05, 4.69) is 93.8 Å². The van der Waals surface area contributed by atoms with Crippen molar-refractivity contribution in [2.75, 3.05) is 0 Å². The Morgan fingerprint density at radius 1 is 0.966 bits per heavy atom. The van der Waals surface area contributed by atoms with Crippen LogP contribution in [0, 0.1) is 0 Å². The number of rotatable bonds is 9. The first-order chi connectivity index (χ1) is 14.1. The predicted octanol–water partition coefficient (Wildman–Crippen LogP) is 8.94. The minimum atomic E-state index is 0.938. The van der Waals surface area contributed by atoms with Crippen molar-refractivity contribution in [1.29, 1.82) is 0 Å². The lowest BCUT2D eigenvalue weighted by molar-refractivity contribution is 1.21. The third-order valence-electron chi connectivity index (χ3n) is 4.11. The summed E-state index contributed by atoms with van der Waals surface area (Å²) in [6.45, 7) is 11.9. The van der Waals surface area contributed by atoms with Gasteiger partial charge in [-0.1, -0.05) is 110 Å². The molecule has 0 saturated carbocycles. The minimum absolute atomic E-state index is 0.938. The Labute approximate surface area is 184 Å². The van der Waals surface area contributed by atoms with Crippen molar-refractivity contribution >= 4 is 23.5 Å². The highest BCUT2D eigenvalue weighted by Crippen LogP contribution is 2.30. The highest BCUT2D eigenvalue weighted by Gasteiger charge is 2.03. The normalized spacial score (nSPS) is 15.7. The Balaban J connectivity index is 2.09. The molecule has 0 unspecified atom stereocenters. The summed E-state index contributed by atoms with van der Waals surface area (Å²) in [6.07, 6.45) is 23.8. The summed E-state index contributed by atoms with van der Waals surface area (Å²) in [5, 5.41) is 0. The first-order valence-corrected chi connectivity index (χ1v) is 11.2. The topological polar surface area (TPSA) is 0 Å². The molecule has 2 rings (SSSR count). The van der Waals surface area contributed by atoms with E-state index in [-0.39, 0.29) is 0 Å². The zero-order valence-corrected chi connectivity index (χ0v) is 18.8. The molecule has 0 fully saturated rings. The predicted molar refractivity (Wildman–Crippen MR) is 135 cm³/mol. The molecule has 0 N–H and O–H groups in total.